The molecule has 0 atom stereocenters. The average molecular weight is 221 g/mol. The van der Waals surface area contributed by atoms with Crippen molar-refractivity contribution in [2.75, 3.05) is 23.7 Å². The van der Waals surface area contributed by atoms with Crippen molar-refractivity contribution in [3.8, 4) is 0 Å². The van der Waals surface area contributed by atoms with E-state index in [1.54, 1.807) is 0 Å². The Morgan fingerprint density at radius 2 is 1.75 bits per heavy atom. The standard InChI is InChI=1S/C13H23N3/c1-5-14-11-7-6-8-12(16-11)15-10-9-13(2,3)4/h6-8H,5,9-10H2,1-4H3,(H2,14,15,16). The monoisotopic (exact) mass is 221 g/mol. The summed E-state index contributed by atoms with van der Waals surface area (Å²) >= 11 is 0. The maximum atomic E-state index is 4.46. The van der Waals surface area contributed by atoms with Crippen LogP contribution in [-0.2, 0) is 0 Å². The van der Waals surface area contributed by atoms with Crippen LogP contribution in [0.25, 0.3) is 0 Å². The Labute approximate surface area is 98.7 Å². The lowest BCUT2D eigenvalue weighted by Crippen LogP contribution is -2.13. The Balaban J connectivity index is 2.44. The zero-order valence-electron chi connectivity index (χ0n) is 10.8. The number of rotatable bonds is 5. The SMILES string of the molecule is CCNc1cccc(NCCC(C)(C)C)n1. The smallest absolute Gasteiger partial charge is 0.128 e. The molecular formula is C13H23N3. The lowest BCUT2D eigenvalue weighted by molar-refractivity contribution is 0.389. The molecule has 0 spiro atoms. The molecule has 0 aliphatic rings. The molecule has 1 aromatic heterocycles. The van der Waals surface area contributed by atoms with Crippen molar-refractivity contribution in [3.05, 3.63) is 18.2 Å². The Bertz CT molecular complexity index is 315. The Kier molecular flexibility index (Phi) is 4.59. The van der Waals surface area contributed by atoms with Gasteiger partial charge >= 0.3 is 0 Å². The molecule has 0 saturated carbocycles. The molecule has 1 heterocycles. The van der Waals surface area contributed by atoms with Gasteiger partial charge in [0.25, 0.3) is 0 Å². The molecule has 3 heteroatoms. The van der Waals surface area contributed by atoms with Crippen LogP contribution in [0.15, 0.2) is 18.2 Å². The minimum absolute atomic E-state index is 0.367. The highest BCUT2D eigenvalue weighted by Crippen LogP contribution is 2.18. The van der Waals surface area contributed by atoms with Gasteiger partial charge in [0.1, 0.15) is 11.6 Å². The van der Waals surface area contributed by atoms with Crippen molar-refractivity contribution in [1.82, 2.24) is 4.98 Å². The number of hydrogen-bond acceptors (Lipinski definition) is 3. The highest BCUT2D eigenvalue weighted by Gasteiger charge is 2.09. The maximum absolute atomic E-state index is 4.46. The molecule has 0 aromatic carbocycles. The van der Waals surface area contributed by atoms with Crippen LogP contribution in [0.1, 0.15) is 34.1 Å². The first-order valence-corrected chi connectivity index (χ1v) is 5.96. The summed E-state index contributed by atoms with van der Waals surface area (Å²) in [5.41, 5.74) is 0.367. The lowest BCUT2D eigenvalue weighted by atomic mass is 9.92. The number of hydrogen-bond donors (Lipinski definition) is 2. The molecule has 0 amide bonds. The molecule has 0 unspecified atom stereocenters. The molecule has 3 nitrogen and oxygen atoms in total. The summed E-state index contributed by atoms with van der Waals surface area (Å²) in [5.74, 6) is 1.88. The molecule has 16 heavy (non-hydrogen) atoms. The summed E-state index contributed by atoms with van der Waals surface area (Å²) < 4.78 is 0. The molecule has 0 bridgehead atoms. The summed E-state index contributed by atoms with van der Waals surface area (Å²) in [7, 11) is 0. The third kappa shape index (κ3) is 5.01. The van der Waals surface area contributed by atoms with Gasteiger partial charge in [-0.1, -0.05) is 26.8 Å². The van der Waals surface area contributed by atoms with E-state index in [9.17, 15) is 0 Å². The third-order valence-corrected chi connectivity index (χ3v) is 2.29. The van der Waals surface area contributed by atoms with E-state index in [-0.39, 0.29) is 0 Å². The molecule has 1 rings (SSSR count). The van der Waals surface area contributed by atoms with Crippen LogP contribution in [-0.4, -0.2) is 18.1 Å². The van der Waals surface area contributed by atoms with Gasteiger partial charge in [0.05, 0.1) is 0 Å². The van der Waals surface area contributed by atoms with Gasteiger partial charge in [-0.3, -0.25) is 0 Å². The van der Waals surface area contributed by atoms with Crippen LogP contribution >= 0.6 is 0 Å². The van der Waals surface area contributed by atoms with Crippen LogP contribution in [0.2, 0.25) is 0 Å². The average Bonchev–Trinajstić information content (AvgIpc) is 2.17. The zero-order valence-corrected chi connectivity index (χ0v) is 10.8. The van der Waals surface area contributed by atoms with Gasteiger partial charge in [0.15, 0.2) is 0 Å². The van der Waals surface area contributed by atoms with Crippen LogP contribution in [0, 0.1) is 5.41 Å². The van der Waals surface area contributed by atoms with Crippen LogP contribution < -0.4 is 10.6 Å². The van der Waals surface area contributed by atoms with E-state index in [1.807, 2.05) is 18.2 Å². The van der Waals surface area contributed by atoms with E-state index in [1.165, 1.54) is 0 Å². The lowest BCUT2D eigenvalue weighted by Gasteiger charge is -2.18. The van der Waals surface area contributed by atoms with Gasteiger partial charge in [-0.05, 0) is 30.9 Å². The van der Waals surface area contributed by atoms with Crippen molar-refractivity contribution in [3.63, 3.8) is 0 Å². The first kappa shape index (κ1) is 12.8. The van der Waals surface area contributed by atoms with E-state index in [4.69, 9.17) is 0 Å². The first-order chi connectivity index (χ1) is 7.51. The van der Waals surface area contributed by atoms with E-state index >= 15 is 0 Å². The summed E-state index contributed by atoms with van der Waals surface area (Å²) in [6, 6.07) is 6.01. The molecule has 0 aliphatic carbocycles. The molecule has 90 valence electrons. The fourth-order valence-electron chi connectivity index (χ4n) is 1.38. The summed E-state index contributed by atoms with van der Waals surface area (Å²) in [5, 5.41) is 6.55. The van der Waals surface area contributed by atoms with Crippen molar-refractivity contribution in [2.45, 2.75) is 34.1 Å². The topological polar surface area (TPSA) is 37.0 Å². The summed E-state index contributed by atoms with van der Waals surface area (Å²) in [6.07, 6.45) is 1.14. The minimum Gasteiger partial charge on any atom is -0.370 e. The molecule has 0 fully saturated rings. The number of anilines is 2. The molecule has 2 N–H and O–H groups in total. The third-order valence-electron chi connectivity index (χ3n) is 2.29. The van der Waals surface area contributed by atoms with Gasteiger partial charge in [0.2, 0.25) is 0 Å². The molecule has 0 aliphatic heterocycles. The number of pyridine rings is 1. The number of nitrogens with one attached hydrogen (secondary N) is 2. The highest BCUT2D eigenvalue weighted by atomic mass is 15.1. The summed E-state index contributed by atoms with van der Waals surface area (Å²) in [4.78, 5) is 4.46. The van der Waals surface area contributed by atoms with Gasteiger partial charge in [0, 0.05) is 13.1 Å². The number of aromatic nitrogens is 1. The molecule has 1 aromatic rings. The second-order valence-electron chi connectivity index (χ2n) is 5.18. The second kappa shape index (κ2) is 5.73. The van der Waals surface area contributed by atoms with Crippen molar-refractivity contribution in [2.24, 2.45) is 5.41 Å². The van der Waals surface area contributed by atoms with E-state index in [2.05, 4.69) is 43.3 Å². The largest absolute Gasteiger partial charge is 0.370 e. The molecular weight excluding hydrogens is 198 g/mol. The zero-order chi connectivity index (χ0) is 12.0. The van der Waals surface area contributed by atoms with Crippen molar-refractivity contribution in [1.29, 1.82) is 0 Å². The fraction of sp³-hybridized carbons (Fsp3) is 0.615. The van der Waals surface area contributed by atoms with Gasteiger partial charge in [-0.15, -0.1) is 0 Å². The number of nitrogens with zero attached hydrogens (tertiary/aromatic N) is 1. The van der Waals surface area contributed by atoms with Gasteiger partial charge < -0.3 is 10.6 Å². The molecule has 0 saturated heterocycles. The van der Waals surface area contributed by atoms with Crippen molar-refractivity contribution >= 4 is 11.6 Å². The van der Waals surface area contributed by atoms with Crippen LogP contribution in [0.3, 0.4) is 0 Å². The highest BCUT2D eigenvalue weighted by molar-refractivity contribution is 5.44. The quantitative estimate of drug-likeness (QED) is 0.800. The van der Waals surface area contributed by atoms with E-state index < -0.39 is 0 Å². The second-order valence-corrected chi connectivity index (χ2v) is 5.18. The Hall–Kier alpha value is -1.25. The minimum atomic E-state index is 0.367. The first-order valence-electron chi connectivity index (χ1n) is 5.96. The maximum Gasteiger partial charge on any atom is 0.128 e. The molecule has 0 radical (unpaired) electrons. The predicted molar refractivity (Wildman–Crippen MR) is 71.0 cm³/mol. The van der Waals surface area contributed by atoms with E-state index in [0.29, 0.717) is 5.41 Å². The summed E-state index contributed by atoms with van der Waals surface area (Å²) in [6.45, 7) is 10.7. The Morgan fingerprint density at radius 3 is 2.31 bits per heavy atom. The predicted octanol–water partition coefficient (Wildman–Crippen LogP) is 3.36. The van der Waals surface area contributed by atoms with E-state index in [0.717, 1.165) is 31.1 Å². The normalized spacial score (nSPS) is 11.2. The van der Waals surface area contributed by atoms with Crippen LogP contribution in [0.5, 0.6) is 0 Å². The fourth-order valence-corrected chi connectivity index (χ4v) is 1.38. The van der Waals surface area contributed by atoms with Gasteiger partial charge in [-0.2, -0.15) is 0 Å². The van der Waals surface area contributed by atoms with Crippen LogP contribution in [0.4, 0.5) is 11.6 Å². The Morgan fingerprint density at radius 1 is 1.12 bits per heavy atom. The van der Waals surface area contributed by atoms with Crippen molar-refractivity contribution < 1.29 is 0 Å². The van der Waals surface area contributed by atoms with Gasteiger partial charge in [-0.25, -0.2) is 4.98 Å².